The quantitative estimate of drug-likeness (QED) is 0.604. The predicted octanol–water partition coefficient (Wildman–Crippen LogP) is 2.39. The second-order valence-corrected chi connectivity index (χ2v) is 6.86. The molecule has 0 unspecified atom stereocenters. The Morgan fingerprint density at radius 2 is 1.86 bits per heavy atom. The van der Waals surface area contributed by atoms with Gasteiger partial charge in [0.1, 0.15) is 12.4 Å². The number of sulfonamides is 1. The van der Waals surface area contributed by atoms with Crippen LogP contribution in [0.4, 0.5) is 5.69 Å². The van der Waals surface area contributed by atoms with Gasteiger partial charge in [-0.2, -0.15) is 0 Å². The summed E-state index contributed by atoms with van der Waals surface area (Å²) in [5, 5.41) is 0. The van der Waals surface area contributed by atoms with E-state index in [4.69, 9.17) is 10.5 Å². The van der Waals surface area contributed by atoms with Gasteiger partial charge in [-0.1, -0.05) is 18.2 Å². The van der Waals surface area contributed by atoms with E-state index < -0.39 is 10.0 Å². The van der Waals surface area contributed by atoms with Gasteiger partial charge in [0.15, 0.2) is 0 Å². The van der Waals surface area contributed by atoms with Crippen LogP contribution in [0.1, 0.15) is 0 Å². The van der Waals surface area contributed by atoms with E-state index in [1.165, 1.54) is 12.1 Å². The molecule has 2 rings (SSSR count). The van der Waals surface area contributed by atoms with Crippen LogP contribution in [-0.2, 0) is 10.0 Å². The topological polar surface area (TPSA) is 81.4 Å². The zero-order valence-corrected chi connectivity index (χ0v) is 13.5. The van der Waals surface area contributed by atoms with E-state index in [2.05, 4.69) is 20.7 Å². The van der Waals surface area contributed by atoms with Crippen molar-refractivity contribution in [2.24, 2.45) is 0 Å². The number of hydrogen-bond donors (Lipinski definition) is 2. The molecule has 0 aliphatic heterocycles. The molecule has 0 aliphatic carbocycles. The molecule has 112 valence electrons. The minimum absolute atomic E-state index is 0.128. The highest BCUT2D eigenvalue weighted by atomic mass is 79.9. The Labute approximate surface area is 132 Å². The second-order valence-electron chi connectivity index (χ2n) is 4.24. The highest BCUT2D eigenvalue weighted by Gasteiger charge is 2.14. The lowest BCUT2D eigenvalue weighted by molar-refractivity contribution is 0.323. The summed E-state index contributed by atoms with van der Waals surface area (Å²) in [6.45, 7) is 0.419. The molecule has 0 radical (unpaired) electrons. The number of rotatable bonds is 6. The molecule has 2 aromatic carbocycles. The van der Waals surface area contributed by atoms with Gasteiger partial charge in [-0.3, -0.25) is 0 Å². The van der Waals surface area contributed by atoms with E-state index >= 15 is 0 Å². The number of halogens is 1. The monoisotopic (exact) mass is 370 g/mol. The molecule has 0 atom stereocenters. The molecular weight excluding hydrogens is 356 g/mol. The van der Waals surface area contributed by atoms with Crippen LogP contribution in [0, 0.1) is 0 Å². The molecule has 0 fully saturated rings. The normalized spacial score (nSPS) is 11.3. The number of para-hydroxylation sites is 1. The van der Waals surface area contributed by atoms with Crippen molar-refractivity contribution < 1.29 is 13.2 Å². The molecule has 0 saturated carbocycles. The lowest BCUT2D eigenvalue weighted by Crippen LogP contribution is -2.28. The number of nitrogens with one attached hydrogen (secondary N) is 1. The van der Waals surface area contributed by atoms with E-state index in [0.717, 1.165) is 0 Å². The summed E-state index contributed by atoms with van der Waals surface area (Å²) < 4.78 is 32.7. The van der Waals surface area contributed by atoms with Gasteiger partial charge in [0.05, 0.1) is 4.90 Å². The van der Waals surface area contributed by atoms with E-state index in [0.29, 0.717) is 15.9 Å². The van der Waals surface area contributed by atoms with Gasteiger partial charge >= 0.3 is 0 Å². The fourth-order valence-corrected chi connectivity index (χ4v) is 2.93. The maximum Gasteiger partial charge on any atom is 0.240 e. The minimum Gasteiger partial charge on any atom is -0.492 e. The van der Waals surface area contributed by atoms with Gasteiger partial charge < -0.3 is 10.5 Å². The summed E-state index contributed by atoms with van der Waals surface area (Å²) in [5.41, 5.74) is 6.06. The van der Waals surface area contributed by atoms with Crippen molar-refractivity contribution in [1.82, 2.24) is 4.72 Å². The zero-order chi connectivity index (χ0) is 15.3. The number of benzene rings is 2. The molecule has 5 nitrogen and oxygen atoms in total. The highest BCUT2D eigenvalue weighted by Crippen LogP contribution is 2.22. The Balaban J connectivity index is 1.91. The summed E-state index contributed by atoms with van der Waals surface area (Å²) in [7, 11) is -3.58. The van der Waals surface area contributed by atoms with Crippen LogP contribution in [0.2, 0.25) is 0 Å². The van der Waals surface area contributed by atoms with E-state index in [1.54, 1.807) is 6.07 Å². The Kier molecular flexibility index (Phi) is 5.22. The van der Waals surface area contributed by atoms with E-state index in [1.807, 2.05) is 30.3 Å². The first-order valence-corrected chi connectivity index (χ1v) is 8.49. The SMILES string of the molecule is Nc1cc(S(=O)(=O)NCCOc2ccccc2)ccc1Br. The molecule has 0 saturated heterocycles. The first kappa shape index (κ1) is 15.8. The average Bonchev–Trinajstić information content (AvgIpc) is 2.47. The molecule has 0 aromatic heterocycles. The first-order chi connectivity index (χ1) is 9.99. The summed E-state index contributed by atoms with van der Waals surface area (Å²) >= 11 is 3.23. The van der Waals surface area contributed by atoms with Crippen molar-refractivity contribution in [3.63, 3.8) is 0 Å². The van der Waals surface area contributed by atoms with Crippen molar-refractivity contribution in [1.29, 1.82) is 0 Å². The number of anilines is 1. The molecule has 0 aliphatic rings. The lowest BCUT2D eigenvalue weighted by atomic mass is 10.3. The first-order valence-electron chi connectivity index (χ1n) is 6.21. The molecule has 21 heavy (non-hydrogen) atoms. The largest absolute Gasteiger partial charge is 0.492 e. The third kappa shape index (κ3) is 4.45. The van der Waals surface area contributed by atoms with Crippen LogP contribution in [0.3, 0.4) is 0 Å². The number of nitrogen functional groups attached to an aromatic ring is 1. The fourth-order valence-electron chi connectivity index (χ4n) is 1.63. The van der Waals surface area contributed by atoms with Crippen molar-refractivity contribution in [2.75, 3.05) is 18.9 Å². The summed E-state index contributed by atoms with van der Waals surface area (Å²) in [5.74, 6) is 0.699. The fraction of sp³-hybridized carbons (Fsp3) is 0.143. The number of ether oxygens (including phenoxy) is 1. The van der Waals surface area contributed by atoms with Crippen LogP contribution < -0.4 is 15.2 Å². The Morgan fingerprint density at radius 3 is 2.52 bits per heavy atom. The summed E-state index contributed by atoms with van der Waals surface area (Å²) in [6.07, 6.45) is 0. The molecular formula is C14H15BrN2O3S. The van der Waals surface area contributed by atoms with Gasteiger partial charge in [-0.15, -0.1) is 0 Å². The molecule has 3 N–H and O–H groups in total. The molecule has 7 heteroatoms. The highest BCUT2D eigenvalue weighted by molar-refractivity contribution is 9.10. The smallest absolute Gasteiger partial charge is 0.240 e. The predicted molar refractivity (Wildman–Crippen MR) is 85.7 cm³/mol. The summed E-state index contributed by atoms with van der Waals surface area (Å²) in [6, 6.07) is 13.7. The average molecular weight is 371 g/mol. The zero-order valence-electron chi connectivity index (χ0n) is 11.1. The maximum absolute atomic E-state index is 12.1. The van der Waals surface area contributed by atoms with Crippen LogP contribution in [0.15, 0.2) is 57.9 Å². The third-order valence-electron chi connectivity index (χ3n) is 2.68. The van der Waals surface area contributed by atoms with Gasteiger partial charge in [-0.05, 0) is 46.3 Å². The Bertz CT molecular complexity index is 705. The standard InChI is InChI=1S/C14H15BrN2O3S/c15-13-7-6-12(10-14(13)16)21(18,19)17-8-9-20-11-4-2-1-3-5-11/h1-7,10,17H,8-9,16H2. The Morgan fingerprint density at radius 1 is 1.14 bits per heavy atom. The molecule has 2 aromatic rings. The van der Waals surface area contributed by atoms with E-state index in [-0.39, 0.29) is 18.0 Å². The van der Waals surface area contributed by atoms with Gasteiger partial charge in [0.2, 0.25) is 10.0 Å². The van der Waals surface area contributed by atoms with Crippen LogP contribution in [-0.4, -0.2) is 21.6 Å². The van der Waals surface area contributed by atoms with Gasteiger partial charge in [-0.25, -0.2) is 13.1 Å². The molecule has 0 bridgehead atoms. The second kappa shape index (κ2) is 6.93. The Hall–Kier alpha value is -1.57. The van der Waals surface area contributed by atoms with E-state index in [9.17, 15) is 8.42 Å². The van der Waals surface area contributed by atoms with Crippen molar-refractivity contribution in [3.8, 4) is 5.75 Å². The van der Waals surface area contributed by atoms with Crippen LogP contribution in [0.5, 0.6) is 5.75 Å². The molecule has 0 heterocycles. The van der Waals surface area contributed by atoms with Crippen LogP contribution >= 0.6 is 15.9 Å². The number of hydrogen-bond acceptors (Lipinski definition) is 4. The van der Waals surface area contributed by atoms with Crippen molar-refractivity contribution >= 4 is 31.6 Å². The lowest BCUT2D eigenvalue weighted by Gasteiger charge is -2.09. The molecule has 0 amide bonds. The summed E-state index contributed by atoms with van der Waals surface area (Å²) in [4.78, 5) is 0.128. The molecule has 0 spiro atoms. The number of nitrogens with two attached hydrogens (primary N) is 1. The minimum atomic E-state index is -3.58. The van der Waals surface area contributed by atoms with Gasteiger partial charge in [0, 0.05) is 16.7 Å². The van der Waals surface area contributed by atoms with Gasteiger partial charge in [0.25, 0.3) is 0 Å². The van der Waals surface area contributed by atoms with Crippen molar-refractivity contribution in [2.45, 2.75) is 4.90 Å². The van der Waals surface area contributed by atoms with Crippen molar-refractivity contribution in [3.05, 3.63) is 53.0 Å². The third-order valence-corrected chi connectivity index (χ3v) is 4.86. The van der Waals surface area contributed by atoms with Crippen LogP contribution in [0.25, 0.3) is 0 Å². The maximum atomic E-state index is 12.1.